The van der Waals surface area contributed by atoms with Crippen molar-refractivity contribution in [2.75, 3.05) is 36.4 Å². The van der Waals surface area contributed by atoms with E-state index in [1.54, 1.807) is 0 Å². The van der Waals surface area contributed by atoms with Crippen molar-refractivity contribution in [3.63, 3.8) is 0 Å². The van der Waals surface area contributed by atoms with Gasteiger partial charge in [-0.3, -0.25) is 9.59 Å². The molecular weight excluding hydrogens is 470 g/mol. The zero-order valence-corrected chi connectivity index (χ0v) is 22.0. The van der Waals surface area contributed by atoms with E-state index in [9.17, 15) is 9.59 Å². The maximum absolute atomic E-state index is 13.1. The van der Waals surface area contributed by atoms with Gasteiger partial charge in [-0.1, -0.05) is 62.2 Å². The van der Waals surface area contributed by atoms with Crippen molar-refractivity contribution >= 4 is 34.0 Å². The second-order valence-electron chi connectivity index (χ2n) is 10.00. The highest BCUT2D eigenvalue weighted by Gasteiger charge is 2.22. The van der Waals surface area contributed by atoms with Gasteiger partial charge < -0.3 is 15.1 Å². The van der Waals surface area contributed by atoms with Crippen LogP contribution in [0, 0.1) is 0 Å². The van der Waals surface area contributed by atoms with Crippen LogP contribution in [0.4, 0.5) is 11.4 Å². The number of hydrogen-bond donors (Lipinski definition) is 1. The average molecular weight is 506 g/mol. The Morgan fingerprint density at radius 2 is 1.42 bits per heavy atom. The first-order chi connectivity index (χ1) is 18.6. The van der Waals surface area contributed by atoms with Crippen molar-refractivity contribution in [2.45, 2.75) is 32.6 Å². The van der Waals surface area contributed by atoms with E-state index in [1.165, 1.54) is 24.8 Å². The largest absolute Gasteiger partial charge is 0.368 e. The smallest absolute Gasteiger partial charge is 0.255 e. The Morgan fingerprint density at radius 1 is 0.737 bits per heavy atom. The summed E-state index contributed by atoms with van der Waals surface area (Å²) in [7, 11) is 0. The van der Waals surface area contributed by atoms with Crippen molar-refractivity contribution in [1.82, 2.24) is 4.90 Å². The summed E-state index contributed by atoms with van der Waals surface area (Å²) in [5, 5.41) is 5.23. The van der Waals surface area contributed by atoms with Gasteiger partial charge in [0.15, 0.2) is 0 Å². The first-order valence-electron chi connectivity index (χ1n) is 13.6. The van der Waals surface area contributed by atoms with Crippen LogP contribution in [0.2, 0.25) is 0 Å². The number of unbranched alkanes of at least 4 members (excludes halogenated alkanes) is 2. The Labute approximate surface area is 225 Å². The average Bonchev–Trinajstić information content (AvgIpc) is 2.97. The van der Waals surface area contributed by atoms with E-state index in [0.717, 1.165) is 47.2 Å². The van der Waals surface area contributed by atoms with E-state index in [0.29, 0.717) is 18.7 Å². The number of nitrogens with one attached hydrogen (secondary N) is 1. The van der Waals surface area contributed by atoms with Gasteiger partial charge >= 0.3 is 0 Å². The van der Waals surface area contributed by atoms with Crippen LogP contribution in [0.15, 0.2) is 91.0 Å². The van der Waals surface area contributed by atoms with Crippen LogP contribution in [0.3, 0.4) is 0 Å². The molecule has 2 amide bonds. The van der Waals surface area contributed by atoms with Gasteiger partial charge in [0.25, 0.3) is 11.8 Å². The fraction of sp³-hybridized carbons (Fsp3) is 0.273. The molecule has 0 aliphatic carbocycles. The van der Waals surface area contributed by atoms with Crippen LogP contribution in [-0.2, 0) is 6.42 Å². The topological polar surface area (TPSA) is 52.7 Å². The highest BCUT2D eigenvalue weighted by molar-refractivity contribution is 6.04. The molecule has 1 saturated heterocycles. The van der Waals surface area contributed by atoms with Crippen molar-refractivity contribution in [2.24, 2.45) is 0 Å². The second kappa shape index (κ2) is 12.0. The summed E-state index contributed by atoms with van der Waals surface area (Å²) >= 11 is 0. The Kier molecular flexibility index (Phi) is 8.03. The number of benzene rings is 4. The molecule has 1 aliphatic rings. The number of fused-ring (bicyclic) bond motifs is 1. The Balaban J connectivity index is 1.13. The van der Waals surface area contributed by atoms with Gasteiger partial charge in [-0.25, -0.2) is 0 Å². The molecule has 0 spiro atoms. The number of rotatable bonds is 8. The van der Waals surface area contributed by atoms with Gasteiger partial charge in [0.05, 0.1) is 0 Å². The van der Waals surface area contributed by atoms with E-state index < -0.39 is 0 Å². The molecule has 5 nitrogen and oxygen atoms in total. The summed E-state index contributed by atoms with van der Waals surface area (Å²) in [5.74, 6) is -0.0128. The zero-order chi connectivity index (χ0) is 26.3. The van der Waals surface area contributed by atoms with Crippen LogP contribution in [-0.4, -0.2) is 42.9 Å². The zero-order valence-electron chi connectivity index (χ0n) is 22.0. The molecule has 194 valence electrons. The van der Waals surface area contributed by atoms with Gasteiger partial charge in [0.1, 0.15) is 0 Å². The number of piperazine rings is 1. The molecule has 0 radical (unpaired) electrons. The molecule has 38 heavy (non-hydrogen) atoms. The number of amides is 2. The number of aryl methyl sites for hydroxylation is 1. The molecule has 1 fully saturated rings. The van der Waals surface area contributed by atoms with E-state index in [4.69, 9.17) is 0 Å². The molecule has 4 aromatic carbocycles. The third kappa shape index (κ3) is 6.05. The van der Waals surface area contributed by atoms with Crippen LogP contribution in [0.1, 0.15) is 52.5 Å². The minimum Gasteiger partial charge on any atom is -0.368 e. The van der Waals surface area contributed by atoms with Crippen molar-refractivity contribution < 1.29 is 9.59 Å². The molecule has 5 rings (SSSR count). The molecule has 0 atom stereocenters. The number of anilines is 2. The standard InChI is InChI=1S/C33H35N3O2/c1-2-3-4-7-25-10-12-27(13-11-25)32(37)34-30-16-18-31(19-17-30)35-20-22-36(23-21-35)33(38)29-15-14-26-8-5-6-9-28(26)24-29/h5-6,8-19,24H,2-4,7,20-23H2,1H3,(H,34,37). The van der Waals surface area contributed by atoms with Gasteiger partial charge in [0, 0.05) is 48.7 Å². The molecule has 1 heterocycles. The lowest BCUT2D eigenvalue weighted by Crippen LogP contribution is -2.48. The van der Waals surface area contributed by atoms with Gasteiger partial charge in [-0.05, 0) is 77.7 Å². The van der Waals surface area contributed by atoms with E-state index in [2.05, 4.69) is 35.3 Å². The van der Waals surface area contributed by atoms with Crippen LogP contribution in [0.5, 0.6) is 0 Å². The SMILES string of the molecule is CCCCCc1ccc(C(=O)Nc2ccc(N3CCN(C(=O)c4ccc5ccccc5c4)CC3)cc2)cc1. The first-order valence-corrected chi connectivity index (χ1v) is 13.6. The predicted molar refractivity (Wildman–Crippen MR) is 156 cm³/mol. The second-order valence-corrected chi connectivity index (χ2v) is 10.00. The van der Waals surface area contributed by atoms with Crippen LogP contribution >= 0.6 is 0 Å². The van der Waals surface area contributed by atoms with Crippen molar-refractivity contribution in [3.05, 3.63) is 108 Å². The fourth-order valence-electron chi connectivity index (χ4n) is 5.03. The number of carbonyl (C=O) groups excluding carboxylic acids is 2. The number of nitrogens with zero attached hydrogens (tertiary/aromatic N) is 2. The summed E-state index contributed by atoms with van der Waals surface area (Å²) in [6.45, 7) is 5.11. The lowest BCUT2D eigenvalue weighted by atomic mass is 10.1. The summed E-state index contributed by atoms with van der Waals surface area (Å²) in [5.41, 5.74) is 4.55. The third-order valence-corrected chi connectivity index (χ3v) is 7.34. The Bertz CT molecular complexity index is 1390. The molecule has 1 aliphatic heterocycles. The van der Waals surface area contributed by atoms with E-state index in [1.807, 2.05) is 77.7 Å². The van der Waals surface area contributed by atoms with Crippen LogP contribution < -0.4 is 10.2 Å². The van der Waals surface area contributed by atoms with Gasteiger partial charge in [0.2, 0.25) is 0 Å². The highest BCUT2D eigenvalue weighted by Crippen LogP contribution is 2.22. The molecule has 1 N–H and O–H groups in total. The summed E-state index contributed by atoms with van der Waals surface area (Å²) in [6, 6.07) is 29.9. The molecule has 0 aromatic heterocycles. The van der Waals surface area contributed by atoms with Gasteiger partial charge in [-0.15, -0.1) is 0 Å². The molecule has 4 aromatic rings. The molecule has 0 bridgehead atoms. The lowest BCUT2D eigenvalue weighted by molar-refractivity contribution is 0.0746. The van der Waals surface area contributed by atoms with E-state index >= 15 is 0 Å². The maximum atomic E-state index is 13.1. The molecule has 0 saturated carbocycles. The number of carbonyl (C=O) groups is 2. The molecule has 5 heteroatoms. The summed E-state index contributed by atoms with van der Waals surface area (Å²) in [6.07, 6.45) is 4.69. The summed E-state index contributed by atoms with van der Waals surface area (Å²) < 4.78 is 0. The predicted octanol–water partition coefficient (Wildman–Crippen LogP) is 6.79. The summed E-state index contributed by atoms with van der Waals surface area (Å²) in [4.78, 5) is 30.0. The number of hydrogen-bond acceptors (Lipinski definition) is 3. The van der Waals surface area contributed by atoms with Crippen molar-refractivity contribution in [1.29, 1.82) is 0 Å². The Hall–Kier alpha value is -4.12. The van der Waals surface area contributed by atoms with Gasteiger partial charge in [-0.2, -0.15) is 0 Å². The Morgan fingerprint density at radius 3 is 2.13 bits per heavy atom. The highest BCUT2D eigenvalue weighted by atomic mass is 16.2. The first kappa shape index (κ1) is 25.5. The third-order valence-electron chi connectivity index (χ3n) is 7.34. The quantitative estimate of drug-likeness (QED) is 0.268. The minimum atomic E-state index is -0.0984. The normalized spacial score (nSPS) is 13.5. The fourth-order valence-corrected chi connectivity index (χ4v) is 5.03. The minimum absolute atomic E-state index is 0.0856. The monoisotopic (exact) mass is 505 g/mol. The molecular formula is C33H35N3O2. The lowest BCUT2D eigenvalue weighted by Gasteiger charge is -2.36. The van der Waals surface area contributed by atoms with E-state index in [-0.39, 0.29) is 11.8 Å². The van der Waals surface area contributed by atoms with Crippen molar-refractivity contribution in [3.8, 4) is 0 Å². The maximum Gasteiger partial charge on any atom is 0.255 e. The molecule has 0 unspecified atom stereocenters. The van der Waals surface area contributed by atoms with Crippen LogP contribution in [0.25, 0.3) is 10.8 Å².